The molecule has 1 aromatic carbocycles. The number of nitrogens with zero attached hydrogens (tertiary/aromatic N) is 4. The highest BCUT2D eigenvalue weighted by Crippen LogP contribution is 2.42. The first kappa shape index (κ1) is 27.8. The van der Waals surface area contributed by atoms with Gasteiger partial charge in [0.15, 0.2) is 0 Å². The molecule has 0 unspecified atom stereocenters. The summed E-state index contributed by atoms with van der Waals surface area (Å²) in [5, 5.41) is 12.4. The first-order chi connectivity index (χ1) is 21.3. The standard InChI is InChI=1S/C33H31N5O6/c1-20-15-25(28(35-17-20)37-18-33(19-37)9-13-43-14-10-33)30(39)36-23-6-4-21(5-7-23)31(40)38-12-8-22-16-26(32(41)42)44-27(22)24-3-2-11-34-29(24)38/h2-7,11,15-17H,8-10,12-14,18-19H2,1H3,(H,36,39)(H,41,42). The molecule has 3 aliphatic heterocycles. The molecule has 0 bridgehead atoms. The van der Waals surface area contributed by atoms with Gasteiger partial charge in [-0.15, -0.1) is 0 Å². The van der Waals surface area contributed by atoms with Gasteiger partial charge in [0.2, 0.25) is 5.76 Å². The Morgan fingerprint density at radius 1 is 1.00 bits per heavy atom. The van der Waals surface area contributed by atoms with Crippen LogP contribution in [0.25, 0.3) is 11.3 Å². The van der Waals surface area contributed by atoms with Gasteiger partial charge in [-0.1, -0.05) is 0 Å². The molecule has 2 amide bonds. The number of aromatic nitrogens is 2. The fourth-order valence-corrected chi connectivity index (χ4v) is 6.34. The number of anilines is 3. The van der Waals surface area contributed by atoms with Crippen molar-refractivity contribution >= 4 is 35.1 Å². The molecule has 1 spiro atoms. The lowest BCUT2D eigenvalue weighted by Crippen LogP contribution is -2.59. The quantitative estimate of drug-likeness (QED) is 0.334. The maximum absolute atomic E-state index is 13.7. The van der Waals surface area contributed by atoms with E-state index in [1.807, 2.05) is 13.0 Å². The van der Waals surface area contributed by atoms with E-state index in [1.54, 1.807) is 53.7 Å². The van der Waals surface area contributed by atoms with Crippen molar-refractivity contribution < 1.29 is 28.6 Å². The third-order valence-electron chi connectivity index (χ3n) is 8.70. The lowest BCUT2D eigenvalue weighted by molar-refractivity contribution is -0.000512. The van der Waals surface area contributed by atoms with Gasteiger partial charge in [0, 0.05) is 67.5 Å². The molecule has 0 radical (unpaired) electrons. The number of nitrogens with one attached hydrogen (secondary N) is 1. The Hall–Kier alpha value is -5.03. The number of carboxylic acid groups (broad SMARTS) is 1. The number of benzene rings is 1. The summed E-state index contributed by atoms with van der Waals surface area (Å²) >= 11 is 0. The minimum Gasteiger partial charge on any atom is -0.475 e. The van der Waals surface area contributed by atoms with Crippen LogP contribution < -0.4 is 15.1 Å². The van der Waals surface area contributed by atoms with Gasteiger partial charge < -0.3 is 24.5 Å². The normalized spacial score (nSPS) is 16.8. The maximum Gasteiger partial charge on any atom is 0.371 e. The number of fused-ring (bicyclic) bond motifs is 3. The average Bonchev–Trinajstić information content (AvgIpc) is 3.39. The smallest absolute Gasteiger partial charge is 0.371 e. The Morgan fingerprint density at radius 2 is 1.77 bits per heavy atom. The summed E-state index contributed by atoms with van der Waals surface area (Å²) < 4.78 is 11.2. The predicted octanol–water partition coefficient (Wildman–Crippen LogP) is 4.82. The van der Waals surface area contributed by atoms with Gasteiger partial charge in [0.05, 0.1) is 11.1 Å². The van der Waals surface area contributed by atoms with E-state index in [-0.39, 0.29) is 23.0 Å². The van der Waals surface area contributed by atoms with Gasteiger partial charge in [-0.2, -0.15) is 0 Å². The molecule has 3 aliphatic rings. The van der Waals surface area contributed by atoms with Gasteiger partial charge >= 0.3 is 5.97 Å². The SMILES string of the molecule is Cc1cnc(N2CC3(CCOCC3)C2)c(C(=O)Nc2ccc(C(=O)N3CCc4cc(C(=O)O)oc4-c4cccnc43)cc2)c1. The number of aromatic carboxylic acids is 1. The Kier molecular flexibility index (Phi) is 6.89. The Bertz CT molecular complexity index is 1770. The van der Waals surface area contributed by atoms with E-state index in [0.29, 0.717) is 58.3 Å². The molecule has 2 fully saturated rings. The van der Waals surface area contributed by atoms with Crippen LogP contribution in [0.5, 0.6) is 0 Å². The van der Waals surface area contributed by atoms with Crippen molar-refractivity contribution in [2.24, 2.45) is 5.41 Å². The monoisotopic (exact) mass is 593 g/mol. The second-order valence-corrected chi connectivity index (χ2v) is 11.7. The van der Waals surface area contributed by atoms with Gasteiger partial charge in [-0.05, 0) is 80.3 Å². The summed E-state index contributed by atoms with van der Waals surface area (Å²) in [6.07, 6.45) is 5.82. The number of hydrogen-bond acceptors (Lipinski definition) is 8. The third-order valence-corrected chi connectivity index (χ3v) is 8.70. The largest absolute Gasteiger partial charge is 0.475 e. The van der Waals surface area contributed by atoms with E-state index in [4.69, 9.17) is 9.15 Å². The van der Waals surface area contributed by atoms with E-state index in [0.717, 1.165) is 44.7 Å². The van der Waals surface area contributed by atoms with Crippen molar-refractivity contribution in [1.82, 2.24) is 9.97 Å². The molecular formula is C33H31N5O6. The Balaban J connectivity index is 1.08. The van der Waals surface area contributed by atoms with Crippen molar-refractivity contribution in [2.75, 3.05) is 48.0 Å². The Labute approximate surface area is 253 Å². The van der Waals surface area contributed by atoms with E-state index in [2.05, 4.69) is 20.2 Å². The van der Waals surface area contributed by atoms with E-state index < -0.39 is 5.97 Å². The molecule has 44 heavy (non-hydrogen) atoms. The fraction of sp³-hybridized carbons (Fsp3) is 0.303. The zero-order valence-corrected chi connectivity index (χ0v) is 24.2. The number of aryl methyl sites for hydroxylation is 1. The van der Waals surface area contributed by atoms with Crippen molar-refractivity contribution in [1.29, 1.82) is 0 Å². The molecule has 2 N–H and O–H groups in total. The summed E-state index contributed by atoms with van der Waals surface area (Å²) in [6, 6.07) is 13.6. The molecule has 0 saturated carbocycles. The van der Waals surface area contributed by atoms with Crippen LogP contribution in [0.1, 0.15) is 55.2 Å². The van der Waals surface area contributed by atoms with Crippen molar-refractivity contribution in [3.05, 3.63) is 88.9 Å². The number of hydrogen-bond donors (Lipinski definition) is 2. The minimum absolute atomic E-state index is 0.149. The average molecular weight is 594 g/mol. The number of pyridine rings is 2. The number of carbonyl (C=O) groups excluding carboxylic acids is 2. The summed E-state index contributed by atoms with van der Waals surface area (Å²) in [5.41, 5.74) is 3.89. The molecule has 224 valence electrons. The van der Waals surface area contributed by atoms with Crippen LogP contribution in [-0.2, 0) is 11.2 Å². The first-order valence-electron chi connectivity index (χ1n) is 14.6. The number of carboxylic acids is 1. The van der Waals surface area contributed by atoms with Gasteiger partial charge in [-0.25, -0.2) is 14.8 Å². The summed E-state index contributed by atoms with van der Waals surface area (Å²) in [7, 11) is 0. The molecule has 11 nitrogen and oxygen atoms in total. The lowest BCUT2D eigenvalue weighted by Gasteiger charge is -2.53. The summed E-state index contributed by atoms with van der Waals surface area (Å²) in [6.45, 7) is 5.48. The topological polar surface area (TPSA) is 138 Å². The minimum atomic E-state index is -1.15. The van der Waals surface area contributed by atoms with Crippen LogP contribution >= 0.6 is 0 Å². The zero-order chi connectivity index (χ0) is 30.4. The molecule has 11 heteroatoms. The lowest BCUT2D eigenvalue weighted by atomic mass is 9.73. The number of furan rings is 1. The van der Waals surface area contributed by atoms with Crippen molar-refractivity contribution in [3.8, 4) is 11.3 Å². The zero-order valence-electron chi connectivity index (χ0n) is 24.2. The first-order valence-corrected chi connectivity index (χ1v) is 14.6. The van der Waals surface area contributed by atoms with E-state index in [9.17, 15) is 19.5 Å². The summed E-state index contributed by atoms with van der Waals surface area (Å²) in [4.78, 5) is 51.4. The van der Waals surface area contributed by atoms with Gasteiger partial charge in [0.1, 0.15) is 17.4 Å². The van der Waals surface area contributed by atoms with Crippen molar-refractivity contribution in [3.63, 3.8) is 0 Å². The molecule has 7 rings (SSSR count). The van der Waals surface area contributed by atoms with Gasteiger partial charge in [0.25, 0.3) is 11.8 Å². The van der Waals surface area contributed by atoms with Crippen LogP contribution in [0.3, 0.4) is 0 Å². The molecule has 4 aromatic rings. The number of rotatable bonds is 5. The Morgan fingerprint density at radius 3 is 2.52 bits per heavy atom. The predicted molar refractivity (Wildman–Crippen MR) is 162 cm³/mol. The molecular weight excluding hydrogens is 562 g/mol. The van der Waals surface area contributed by atoms with Crippen LogP contribution in [0.4, 0.5) is 17.3 Å². The van der Waals surface area contributed by atoms with Crippen molar-refractivity contribution in [2.45, 2.75) is 26.2 Å². The number of amides is 2. The molecule has 6 heterocycles. The summed E-state index contributed by atoms with van der Waals surface area (Å²) in [5.74, 6) is -0.344. The fourth-order valence-electron chi connectivity index (χ4n) is 6.34. The molecule has 3 aromatic heterocycles. The maximum atomic E-state index is 13.7. The highest BCUT2D eigenvalue weighted by Gasteiger charge is 2.45. The molecule has 2 saturated heterocycles. The van der Waals surface area contributed by atoms with E-state index in [1.165, 1.54) is 6.07 Å². The molecule has 0 atom stereocenters. The van der Waals surface area contributed by atoms with E-state index >= 15 is 0 Å². The van der Waals surface area contributed by atoms with Crippen LogP contribution in [-0.4, -0.2) is 65.7 Å². The highest BCUT2D eigenvalue weighted by atomic mass is 16.5. The third kappa shape index (κ3) is 4.98. The molecule has 0 aliphatic carbocycles. The highest BCUT2D eigenvalue weighted by molar-refractivity contribution is 6.09. The van der Waals surface area contributed by atoms with Crippen LogP contribution in [0, 0.1) is 12.3 Å². The van der Waals surface area contributed by atoms with Crippen LogP contribution in [0.15, 0.2) is 65.3 Å². The van der Waals surface area contributed by atoms with Crippen LogP contribution in [0.2, 0.25) is 0 Å². The number of ether oxygens (including phenoxy) is 1. The second kappa shape index (κ2) is 10.9. The second-order valence-electron chi connectivity index (χ2n) is 11.7. The van der Waals surface area contributed by atoms with Gasteiger partial charge in [-0.3, -0.25) is 14.5 Å². The number of carbonyl (C=O) groups is 3.